The summed E-state index contributed by atoms with van der Waals surface area (Å²) >= 11 is 1.70. The van der Waals surface area contributed by atoms with E-state index in [-0.39, 0.29) is 18.2 Å². The van der Waals surface area contributed by atoms with Gasteiger partial charge in [-0.25, -0.2) is 4.39 Å². The van der Waals surface area contributed by atoms with Gasteiger partial charge in [-0.3, -0.25) is 0 Å². The van der Waals surface area contributed by atoms with Crippen LogP contribution in [-0.4, -0.2) is 6.54 Å². The lowest BCUT2D eigenvalue weighted by Gasteiger charge is -2.04. The lowest BCUT2D eigenvalue weighted by molar-refractivity contribution is 0.598. The predicted octanol–water partition coefficient (Wildman–Crippen LogP) is 3.64. The molecule has 92 valence electrons. The van der Waals surface area contributed by atoms with Crippen molar-refractivity contribution in [2.75, 3.05) is 6.54 Å². The maximum atomic E-state index is 13.3. The van der Waals surface area contributed by atoms with Crippen molar-refractivity contribution < 1.29 is 4.39 Å². The van der Waals surface area contributed by atoms with Crippen LogP contribution in [0.3, 0.4) is 0 Å². The fourth-order valence-corrected chi connectivity index (χ4v) is 2.22. The average Bonchev–Trinajstić information content (AvgIpc) is 2.79. The van der Waals surface area contributed by atoms with Gasteiger partial charge in [-0.15, -0.1) is 12.4 Å². The number of benzene rings is 1. The summed E-state index contributed by atoms with van der Waals surface area (Å²) in [5.41, 5.74) is 2.07. The van der Waals surface area contributed by atoms with Crippen LogP contribution in [0.5, 0.6) is 0 Å². The van der Waals surface area contributed by atoms with E-state index in [9.17, 15) is 4.39 Å². The maximum Gasteiger partial charge on any atom is 0.126 e. The van der Waals surface area contributed by atoms with E-state index < -0.39 is 0 Å². The molecule has 0 fully saturated rings. The Morgan fingerprint density at radius 3 is 2.71 bits per heavy atom. The number of thiophene rings is 1. The van der Waals surface area contributed by atoms with Crippen LogP contribution in [0.15, 0.2) is 41.1 Å². The molecule has 0 aliphatic rings. The van der Waals surface area contributed by atoms with Crippen LogP contribution in [0.4, 0.5) is 4.39 Å². The van der Waals surface area contributed by atoms with Crippen LogP contribution < -0.4 is 5.32 Å². The Bertz CT molecular complexity index is 431. The molecule has 0 aliphatic carbocycles. The Hall–Kier alpha value is -0.900. The molecule has 0 atom stereocenters. The molecule has 4 heteroatoms. The van der Waals surface area contributed by atoms with Crippen LogP contribution in [0.2, 0.25) is 0 Å². The van der Waals surface area contributed by atoms with E-state index in [2.05, 4.69) is 22.1 Å². The molecule has 0 amide bonds. The number of rotatable bonds is 5. The SMILES string of the molecule is Cl.Fc1ccccc1CCNCc1ccsc1. The highest BCUT2D eigenvalue weighted by Gasteiger charge is 1.99. The molecular formula is C13H15ClFNS. The Morgan fingerprint density at radius 2 is 2.00 bits per heavy atom. The molecule has 0 aliphatic heterocycles. The van der Waals surface area contributed by atoms with Crippen LogP contribution in [0.25, 0.3) is 0 Å². The van der Waals surface area contributed by atoms with E-state index in [0.29, 0.717) is 0 Å². The van der Waals surface area contributed by atoms with Gasteiger partial charge in [0.05, 0.1) is 0 Å². The summed E-state index contributed by atoms with van der Waals surface area (Å²) in [6.07, 6.45) is 0.733. The molecule has 1 aromatic heterocycles. The van der Waals surface area contributed by atoms with Gasteiger partial charge in [-0.1, -0.05) is 18.2 Å². The molecule has 0 saturated heterocycles. The molecular weight excluding hydrogens is 257 g/mol. The van der Waals surface area contributed by atoms with Crippen molar-refractivity contribution in [3.8, 4) is 0 Å². The van der Waals surface area contributed by atoms with Crippen LogP contribution in [0.1, 0.15) is 11.1 Å². The van der Waals surface area contributed by atoms with Crippen molar-refractivity contribution in [3.63, 3.8) is 0 Å². The topological polar surface area (TPSA) is 12.0 Å². The first kappa shape index (κ1) is 14.2. The third-order valence-electron chi connectivity index (χ3n) is 2.44. The minimum atomic E-state index is -0.111. The largest absolute Gasteiger partial charge is 0.312 e. The van der Waals surface area contributed by atoms with Gasteiger partial charge in [-0.05, 0) is 47.0 Å². The normalized spacial score (nSPS) is 9.94. The van der Waals surface area contributed by atoms with Crippen molar-refractivity contribution in [2.45, 2.75) is 13.0 Å². The predicted molar refractivity (Wildman–Crippen MR) is 73.4 cm³/mol. The molecule has 1 nitrogen and oxygen atoms in total. The molecule has 0 unspecified atom stereocenters. The lowest BCUT2D eigenvalue weighted by atomic mass is 10.1. The first-order chi connectivity index (χ1) is 7.86. The summed E-state index contributed by atoms with van der Waals surface area (Å²) in [6, 6.07) is 9.03. The summed E-state index contributed by atoms with van der Waals surface area (Å²) in [5.74, 6) is -0.111. The first-order valence-corrected chi connectivity index (χ1v) is 6.26. The van der Waals surface area contributed by atoms with E-state index in [1.165, 1.54) is 11.6 Å². The lowest BCUT2D eigenvalue weighted by Crippen LogP contribution is -2.16. The van der Waals surface area contributed by atoms with E-state index in [4.69, 9.17) is 0 Å². The highest BCUT2D eigenvalue weighted by atomic mass is 35.5. The highest BCUT2D eigenvalue weighted by molar-refractivity contribution is 7.07. The molecule has 1 aromatic carbocycles. The second kappa shape index (κ2) is 7.43. The second-order valence-corrected chi connectivity index (χ2v) is 4.43. The van der Waals surface area contributed by atoms with Crippen LogP contribution >= 0.6 is 23.7 Å². The Labute approximate surface area is 111 Å². The molecule has 0 saturated carbocycles. The van der Waals surface area contributed by atoms with Crippen molar-refractivity contribution in [1.29, 1.82) is 0 Å². The van der Waals surface area contributed by atoms with E-state index >= 15 is 0 Å². The Balaban J connectivity index is 0.00000144. The summed E-state index contributed by atoms with van der Waals surface area (Å²) in [6.45, 7) is 1.66. The van der Waals surface area contributed by atoms with Gasteiger partial charge in [0.1, 0.15) is 5.82 Å². The number of halogens is 2. The van der Waals surface area contributed by atoms with Gasteiger partial charge < -0.3 is 5.32 Å². The molecule has 1 N–H and O–H groups in total. The van der Waals surface area contributed by atoms with Gasteiger partial charge in [0.15, 0.2) is 0 Å². The molecule has 17 heavy (non-hydrogen) atoms. The van der Waals surface area contributed by atoms with Crippen LogP contribution in [0, 0.1) is 5.82 Å². The molecule has 2 aromatic rings. The fraction of sp³-hybridized carbons (Fsp3) is 0.231. The van der Waals surface area contributed by atoms with Crippen molar-refractivity contribution in [1.82, 2.24) is 5.32 Å². The molecule has 2 rings (SSSR count). The van der Waals surface area contributed by atoms with E-state index in [1.54, 1.807) is 17.4 Å². The molecule has 0 bridgehead atoms. The monoisotopic (exact) mass is 271 g/mol. The summed E-state index contributed by atoms with van der Waals surface area (Å²) in [4.78, 5) is 0. The first-order valence-electron chi connectivity index (χ1n) is 5.31. The van der Waals surface area contributed by atoms with Gasteiger partial charge in [-0.2, -0.15) is 11.3 Å². The molecule has 0 spiro atoms. The summed E-state index contributed by atoms with van der Waals surface area (Å²) in [7, 11) is 0. The fourth-order valence-electron chi connectivity index (χ4n) is 1.55. The maximum absolute atomic E-state index is 13.3. The number of nitrogens with one attached hydrogen (secondary N) is 1. The molecule has 1 heterocycles. The Kier molecular flexibility index (Phi) is 6.19. The van der Waals surface area contributed by atoms with Crippen molar-refractivity contribution in [2.24, 2.45) is 0 Å². The highest BCUT2D eigenvalue weighted by Crippen LogP contribution is 2.07. The zero-order valence-corrected chi connectivity index (χ0v) is 11.0. The van der Waals surface area contributed by atoms with Gasteiger partial charge in [0.2, 0.25) is 0 Å². The second-order valence-electron chi connectivity index (χ2n) is 3.65. The Morgan fingerprint density at radius 1 is 1.18 bits per heavy atom. The van der Waals surface area contributed by atoms with Crippen LogP contribution in [-0.2, 0) is 13.0 Å². The number of hydrogen-bond acceptors (Lipinski definition) is 2. The van der Waals surface area contributed by atoms with Crippen molar-refractivity contribution >= 4 is 23.7 Å². The van der Waals surface area contributed by atoms with E-state index in [1.807, 2.05) is 12.1 Å². The summed E-state index contributed by atoms with van der Waals surface area (Å²) in [5, 5.41) is 7.49. The van der Waals surface area contributed by atoms with Gasteiger partial charge in [0, 0.05) is 6.54 Å². The number of hydrogen-bond donors (Lipinski definition) is 1. The third-order valence-corrected chi connectivity index (χ3v) is 3.17. The minimum absolute atomic E-state index is 0. The third kappa shape index (κ3) is 4.46. The average molecular weight is 272 g/mol. The van der Waals surface area contributed by atoms with E-state index in [0.717, 1.165) is 25.1 Å². The zero-order chi connectivity index (χ0) is 11.2. The standard InChI is InChI=1S/C13H14FNS.ClH/c14-13-4-2-1-3-12(13)5-7-15-9-11-6-8-16-10-11;/h1-4,6,8,10,15H,5,7,9H2;1H. The zero-order valence-electron chi connectivity index (χ0n) is 9.36. The molecule has 0 radical (unpaired) electrons. The van der Waals surface area contributed by atoms with Crippen molar-refractivity contribution in [3.05, 3.63) is 58.0 Å². The minimum Gasteiger partial charge on any atom is -0.312 e. The summed E-state index contributed by atoms with van der Waals surface area (Å²) < 4.78 is 13.3. The van der Waals surface area contributed by atoms with Gasteiger partial charge in [0.25, 0.3) is 0 Å². The van der Waals surface area contributed by atoms with Gasteiger partial charge >= 0.3 is 0 Å². The smallest absolute Gasteiger partial charge is 0.126 e. The quantitative estimate of drug-likeness (QED) is 0.819.